The number of hydrogen-bond acceptors (Lipinski definition) is 4. The summed E-state index contributed by atoms with van der Waals surface area (Å²) in [4.78, 5) is 17.2. The summed E-state index contributed by atoms with van der Waals surface area (Å²) in [6.45, 7) is 5.64. The van der Waals surface area contributed by atoms with Gasteiger partial charge in [0.2, 0.25) is 0 Å². The van der Waals surface area contributed by atoms with Crippen molar-refractivity contribution in [1.82, 2.24) is 14.1 Å². The molecule has 0 saturated carbocycles. The quantitative estimate of drug-likeness (QED) is 0.420. The van der Waals surface area contributed by atoms with Crippen LogP contribution >= 0.6 is 11.8 Å². The van der Waals surface area contributed by atoms with E-state index >= 15 is 0 Å². The third kappa shape index (κ3) is 4.31. The van der Waals surface area contributed by atoms with Crippen LogP contribution in [0.4, 0.5) is 4.39 Å². The van der Waals surface area contributed by atoms with Gasteiger partial charge in [-0.25, -0.2) is 9.37 Å². The molecule has 0 bridgehead atoms. The lowest BCUT2D eigenvalue weighted by atomic mass is 10.2. The number of carbonyl (C=O) groups is 1. The predicted octanol–water partition coefficient (Wildman–Crippen LogP) is 4.58. The number of aromatic nitrogens is 3. The number of ketones is 1. The van der Waals surface area contributed by atoms with Crippen LogP contribution in [0, 0.1) is 19.7 Å². The summed E-state index contributed by atoms with van der Waals surface area (Å²) in [5.41, 5.74) is 3.49. The van der Waals surface area contributed by atoms with Gasteiger partial charge >= 0.3 is 0 Å². The van der Waals surface area contributed by atoms with E-state index in [4.69, 9.17) is 4.74 Å². The molecular weight excluding hydrogens is 389 g/mol. The van der Waals surface area contributed by atoms with Crippen LogP contribution < -0.4 is 0 Å². The van der Waals surface area contributed by atoms with Crippen LogP contribution in [0.25, 0.3) is 5.69 Å². The summed E-state index contributed by atoms with van der Waals surface area (Å²) in [5, 5.41) is 0.664. The molecule has 0 spiro atoms. The van der Waals surface area contributed by atoms with Crippen molar-refractivity contribution in [2.24, 2.45) is 0 Å². The Bertz CT molecular complexity index is 1020. The van der Waals surface area contributed by atoms with Crippen LogP contribution in [-0.2, 0) is 11.3 Å². The van der Waals surface area contributed by atoms with Crippen molar-refractivity contribution in [2.45, 2.75) is 44.5 Å². The van der Waals surface area contributed by atoms with E-state index in [0.29, 0.717) is 10.8 Å². The Morgan fingerprint density at radius 2 is 2.21 bits per heavy atom. The Morgan fingerprint density at radius 1 is 1.34 bits per heavy atom. The molecule has 7 heteroatoms. The van der Waals surface area contributed by atoms with Gasteiger partial charge in [0.1, 0.15) is 5.82 Å². The van der Waals surface area contributed by atoms with Crippen molar-refractivity contribution in [3.63, 3.8) is 0 Å². The zero-order valence-electron chi connectivity index (χ0n) is 16.6. The van der Waals surface area contributed by atoms with Crippen LogP contribution in [0.3, 0.4) is 0 Å². The van der Waals surface area contributed by atoms with Gasteiger partial charge in [-0.05, 0) is 51.0 Å². The lowest BCUT2D eigenvalue weighted by Crippen LogP contribution is -2.17. The fraction of sp³-hybridized carbons (Fsp3) is 0.364. The first-order chi connectivity index (χ1) is 14.0. The molecule has 1 fully saturated rings. The Hall–Kier alpha value is -2.38. The molecule has 1 aliphatic heterocycles. The molecule has 3 aromatic rings. The minimum atomic E-state index is -0.304. The molecule has 0 N–H and O–H groups in total. The molecule has 4 rings (SSSR count). The van der Waals surface area contributed by atoms with Crippen LogP contribution in [0.2, 0.25) is 0 Å². The number of Topliss-reactive ketones (excluding diaryl/α,β-unsaturated/α-hetero) is 1. The van der Waals surface area contributed by atoms with E-state index in [9.17, 15) is 9.18 Å². The lowest BCUT2D eigenvalue weighted by Gasteiger charge is -2.14. The monoisotopic (exact) mass is 413 g/mol. The smallest absolute Gasteiger partial charge is 0.175 e. The average Bonchev–Trinajstić information content (AvgIpc) is 3.44. The van der Waals surface area contributed by atoms with Crippen molar-refractivity contribution < 1.29 is 13.9 Å². The Labute approximate surface area is 173 Å². The van der Waals surface area contributed by atoms with Gasteiger partial charge in [-0.1, -0.05) is 17.8 Å². The molecule has 0 amide bonds. The number of nitrogens with zero attached hydrogens (tertiary/aromatic N) is 3. The summed E-state index contributed by atoms with van der Waals surface area (Å²) in [6, 6.07) is 8.30. The van der Waals surface area contributed by atoms with Crippen molar-refractivity contribution in [3.8, 4) is 5.69 Å². The summed E-state index contributed by atoms with van der Waals surface area (Å²) >= 11 is 1.36. The second kappa shape index (κ2) is 8.55. The summed E-state index contributed by atoms with van der Waals surface area (Å²) in [6.07, 6.45) is 5.83. The average molecular weight is 414 g/mol. The number of halogens is 1. The molecule has 29 heavy (non-hydrogen) atoms. The molecule has 1 aliphatic rings. The minimum absolute atomic E-state index is 0.0653. The Kier molecular flexibility index (Phi) is 5.87. The number of ether oxygens (including phenoxy) is 1. The number of benzene rings is 1. The third-order valence-electron chi connectivity index (χ3n) is 5.31. The molecule has 5 nitrogen and oxygen atoms in total. The molecule has 0 aliphatic carbocycles. The molecule has 0 radical (unpaired) electrons. The standard InChI is InChI=1S/C22H24FN3O2S/c1-15-11-20(16(2)26(15)13-19-7-4-10-28-19)21(27)14-29-22-24-8-9-25(22)18-6-3-5-17(23)12-18/h3,5-6,8-9,11-12,19H,4,7,10,13-14H2,1-2H3. The van der Waals surface area contributed by atoms with Crippen molar-refractivity contribution >= 4 is 17.5 Å². The highest BCUT2D eigenvalue weighted by atomic mass is 32.2. The van der Waals surface area contributed by atoms with Gasteiger partial charge in [0.15, 0.2) is 10.9 Å². The molecule has 1 aromatic carbocycles. The molecule has 152 valence electrons. The van der Waals surface area contributed by atoms with Crippen molar-refractivity contribution in [3.05, 3.63) is 65.5 Å². The van der Waals surface area contributed by atoms with E-state index in [1.165, 1.54) is 23.9 Å². The van der Waals surface area contributed by atoms with Gasteiger partial charge in [0, 0.05) is 42.5 Å². The number of hydrogen-bond donors (Lipinski definition) is 0. The second-order valence-corrected chi connectivity index (χ2v) is 8.24. The molecule has 2 aromatic heterocycles. The fourth-order valence-corrected chi connectivity index (χ4v) is 4.64. The number of aryl methyl sites for hydroxylation is 1. The zero-order chi connectivity index (χ0) is 20.4. The Morgan fingerprint density at radius 3 is 2.97 bits per heavy atom. The van der Waals surface area contributed by atoms with Crippen molar-refractivity contribution in [2.75, 3.05) is 12.4 Å². The zero-order valence-corrected chi connectivity index (χ0v) is 17.4. The fourth-order valence-electron chi connectivity index (χ4n) is 3.78. The highest BCUT2D eigenvalue weighted by Crippen LogP contribution is 2.25. The van der Waals surface area contributed by atoms with E-state index in [-0.39, 0.29) is 23.5 Å². The first-order valence-corrected chi connectivity index (χ1v) is 10.7. The normalized spacial score (nSPS) is 16.4. The topological polar surface area (TPSA) is 49.0 Å². The maximum atomic E-state index is 13.6. The molecular formula is C22H24FN3O2S. The van der Waals surface area contributed by atoms with Crippen LogP contribution in [0.1, 0.15) is 34.6 Å². The molecule has 3 heterocycles. The SMILES string of the molecule is Cc1cc(C(=O)CSc2nccn2-c2cccc(F)c2)c(C)n1CC1CCCO1. The first-order valence-electron chi connectivity index (χ1n) is 9.76. The minimum Gasteiger partial charge on any atom is -0.376 e. The highest BCUT2D eigenvalue weighted by molar-refractivity contribution is 7.99. The highest BCUT2D eigenvalue weighted by Gasteiger charge is 2.21. The summed E-state index contributed by atoms with van der Waals surface area (Å²) < 4.78 is 23.3. The van der Waals surface area contributed by atoms with Gasteiger partial charge in [-0.2, -0.15) is 0 Å². The Balaban J connectivity index is 1.46. The predicted molar refractivity (Wildman–Crippen MR) is 111 cm³/mol. The molecule has 1 atom stereocenters. The number of thioether (sulfide) groups is 1. The second-order valence-electron chi connectivity index (χ2n) is 7.30. The summed E-state index contributed by atoms with van der Waals surface area (Å²) in [5.74, 6) is 0.0358. The van der Waals surface area contributed by atoms with Crippen molar-refractivity contribution in [1.29, 1.82) is 0 Å². The van der Waals surface area contributed by atoms with Crippen LogP contribution in [-0.4, -0.2) is 38.4 Å². The van der Waals surface area contributed by atoms with Gasteiger partial charge in [0.05, 0.1) is 17.5 Å². The van der Waals surface area contributed by atoms with Gasteiger partial charge in [-0.3, -0.25) is 9.36 Å². The number of carbonyl (C=O) groups excluding carboxylic acids is 1. The maximum Gasteiger partial charge on any atom is 0.175 e. The number of imidazole rings is 1. The van der Waals surface area contributed by atoms with Crippen LogP contribution in [0.5, 0.6) is 0 Å². The molecule has 1 unspecified atom stereocenters. The van der Waals surface area contributed by atoms with Gasteiger partial charge < -0.3 is 9.30 Å². The maximum absolute atomic E-state index is 13.6. The van der Waals surface area contributed by atoms with Gasteiger partial charge in [-0.15, -0.1) is 0 Å². The van der Waals surface area contributed by atoms with Crippen LogP contribution in [0.15, 0.2) is 47.9 Å². The molecule has 1 saturated heterocycles. The van der Waals surface area contributed by atoms with E-state index < -0.39 is 0 Å². The van der Waals surface area contributed by atoms with E-state index in [0.717, 1.165) is 42.9 Å². The van der Waals surface area contributed by atoms with E-state index in [1.807, 2.05) is 26.0 Å². The van der Waals surface area contributed by atoms with E-state index in [1.54, 1.807) is 23.0 Å². The van der Waals surface area contributed by atoms with Gasteiger partial charge in [0.25, 0.3) is 0 Å². The largest absolute Gasteiger partial charge is 0.376 e. The third-order valence-corrected chi connectivity index (χ3v) is 6.28. The summed E-state index contributed by atoms with van der Waals surface area (Å²) in [7, 11) is 0. The van der Waals surface area contributed by atoms with E-state index in [2.05, 4.69) is 9.55 Å². The first kappa shape index (κ1) is 19.9. The number of rotatable bonds is 7. The lowest BCUT2D eigenvalue weighted by molar-refractivity contribution is 0.0957.